The minimum atomic E-state index is 0.299. The largest absolute Gasteiger partial charge is 0.467 e. The summed E-state index contributed by atoms with van der Waals surface area (Å²) >= 11 is 3.29. The summed E-state index contributed by atoms with van der Waals surface area (Å²) in [6.45, 7) is 4.70. The molecule has 0 saturated carbocycles. The zero-order chi connectivity index (χ0) is 13.1. The van der Waals surface area contributed by atoms with Crippen molar-refractivity contribution < 1.29 is 4.74 Å². The molecule has 0 saturated heterocycles. The van der Waals surface area contributed by atoms with E-state index in [0.717, 1.165) is 11.5 Å². The van der Waals surface area contributed by atoms with Gasteiger partial charge in [0.1, 0.15) is 5.82 Å². The zero-order valence-electron chi connectivity index (χ0n) is 10.5. The highest BCUT2D eigenvalue weighted by atomic mass is 79.9. The van der Waals surface area contributed by atoms with Crippen LogP contribution < -0.4 is 4.74 Å². The Labute approximate surface area is 114 Å². The van der Waals surface area contributed by atoms with Gasteiger partial charge in [-0.2, -0.15) is 4.98 Å². The van der Waals surface area contributed by atoms with E-state index in [1.165, 1.54) is 0 Å². The second kappa shape index (κ2) is 5.43. The topological polar surface area (TPSA) is 65.7 Å². The van der Waals surface area contributed by atoms with Crippen molar-refractivity contribution in [3.8, 4) is 6.01 Å². The van der Waals surface area contributed by atoms with Gasteiger partial charge in [0.15, 0.2) is 0 Å². The summed E-state index contributed by atoms with van der Waals surface area (Å²) in [7, 11) is 1.55. The molecule has 0 aliphatic rings. The molecule has 0 atom stereocenters. The monoisotopic (exact) mass is 311 g/mol. The van der Waals surface area contributed by atoms with Crippen molar-refractivity contribution in [2.45, 2.75) is 26.3 Å². The molecule has 96 valence electrons. The predicted octanol–water partition coefficient (Wildman–Crippen LogP) is 2.01. The second-order valence-corrected chi connectivity index (χ2v) is 4.80. The minimum Gasteiger partial charge on any atom is -0.467 e. The first-order chi connectivity index (χ1) is 8.60. The van der Waals surface area contributed by atoms with Gasteiger partial charge in [0.2, 0.25) is 4.73 Å². The normalized spacial score (nSPS) is 10.9. The summed E-state index contributed by atoms with van der Waals surface area (Å²) in [6.07, 6.45) is 1.67. The van der Waals surface area contributed by atoms with Crippen LogP contribution in [0.1, 0.15) is 31.3 Å². The fourth-order valence-corrected chi connectivity index (χ4v) is 1.96. The average molecular weight is 312 g/mol. The van der Waals surface area contributed by atoms with E-state index in [9.17, 15) is 0 Å². The molecule has 2 aromatic heterocycles. The quantitative estimate of drug-likeness (QED) is 0.864. The lowest BCUT2D eigenvalue weighted by Crippen LogP contribution is -2.10. The van der Waals surface area contributed by atoms with Crippen LogP contribution >= 0.6 is 15.9 Å². The van der Waals surface area contributed by atoms with E-state index < -0.39 is 0 Å². The maximum absolute atomic E-state index is 5.00. The van der Waals surface area contributed by atoms with E-state index in [1.807, 2.05) is 10.7 Å². The number of ether oxygens (including phenoxy) is 1. The number of halogens is 1. The first kappa shape index (κ1) is 12.9. The molecule has 18 heavy (non-hydrogen) atoms. The van der Waals surface area contributed by atoms with Crippen LogP contribution in [-0.4, -0.2) is 31.8 Å². The van der Waals surface area contributed by atoms with Gasteiger partial charge in [-0.25, -0.2) is 14.6 Å². The Morgan fingerprint density at radius 1 is 1.39 bits per heavy atom. The maximum atomic E-state index is 5.00. The number of nitrogens with zero attached hydrogens (tertiary/aromatic N) is 5. The molecule has 0 aromatic carbocycles. The van der Waals surface area contributed by atoms with Crippen molar-refractivity contribution in [3.63, 3.8) is 0 Å². The third-order valence-electron chi connectivity index (χ3n) is 2.38. The Kier molecular flexibility index (Phi) is 3.90. The van der Waals surface area contributed by atoms with Crippen molar-refractivity contribution in [1.29, 1.82) is 0 Å². The van der Waals surface area contributed by atoms with Crippen molar-refractivity contribution in [2.24, 2.45) is 0 Å². The SMILES string of the molecule is COc1nccc(Cn2nc(Br)nc2C(C)C)n1. The third kappa shape index (κ3) is 2.84. The Balaban J connectivity index is 2.27. The standard InChI is InChI=1S/C11H14BrN5O/c1-7(2)9-15-10(12)16-17(9)6-8-4-5-13-11(14-8)18-3/h4-5,7H,6H2,1-3H3. The maximum Gasteiger partial charge on any atom is 0.316 e. The fourth-order valence-electron chi connectivity index (χ4n) is 1.58. The van der Waals surface area contributed by atoms with Crippen molar-refractivity contribution >= 4 is 15.9 Å². The average Bonchev–Trinajstić information content (AvgIpc) is 2.70. The van der Waals surface area contributed by atoms with Gasteiger partial charge in [-0.15, -0.1) is 5.10 Å². The van der Waals surface area contributed by atoms with Gasteiger partial charge in [-0.05, 0) is 22.0 Å². The molecule has 0 bridgehead atoms. The molecule has 0 aliphatic carbocycles. The van der Waals surface area contributed by atoms with E-state index in [4.69, 9.17) is 4.74 Å². The van der Waals surface area contributed by atoms with Crippen LogP contribution in [0.4, 0.5) is 0 Å². The first-order valence-electron chi connectivity index (χ1n) is 5.56. The number of hydrogen-bond donors (Lipinski definition) is 0. The van der Waals surface area contributed by atoms with Crippen molar-refractivity contribution in [3.05, 3.63) is 28.5 Å². The number of methoxy groups -OCH3 is 1. The molecule has 0 unspecified atom stereocenters. The van der Waals surface area contributed by atoms with Crippen LogP contribution in [0.2, 0.25) is 0 Å². The number of rotatable bonds is 4. The van der Waals surface area contributed by atoms with Crippen LogP contribution in [0.3, 0.4) is 0 Å². The molecule has 7 heteroatoms. The summed E-state index contributed by atoms with van der Waals surface area (Å²) in [4.78, 5) is 12.6. The van der Waals surface area contributed by atoms with E-state index in [-0.39, 0.29) is 0 Å². The summed E-state index contributed by atoms with van der Waals surface area (Å²) in [5, 5.41) is 4.30. The van der Waals surface area contributed by atoms with Gasteiger partial charge < -0.3 is 4.74 Å². The summed E-state index contributed by atoms with van der Waals surface area (Å²) < 4.78 is 7.42. The molecular formula is C11H14BrN5O. The van der Waals surface area contributed by atoms with Gasteiger partial charge >= 0.3 is 6.01 Å². The molecule has 2 rings (SSSR count). The summed E-state index contributed by atoms with van der Waals surface area (Å²) in [5.41, 5.74) is 0.834. The predicted molar refractivity (Wildman–Crippen MR) is 69.5 cm³/mol. The zero-order valence-corrected chi connectivity index (χ0v) is 12.0. The van der Waals surface area contributed by atoms with Gasteiger partial charge in [0.25, 0.3) is 0 Å². The van der Waals surface area contributed by atoms with E-state index in [0.29, 0.717) is 23.2 Å². The van der Waals surface area contributed by atoms with Crippen LogP contribution in [0.25, 0.3) is 0 Å². The van der Waals surface area contributed by atoms with Crippen molar-refractivity contribution in [2.75, 3.05) is 7.11 Å². The molecular weight excluding hydrogens is 298 g/mol. The highest BCUT2D eigenvalue weighted by molar-refractivity contribution is 9.10. The molecule has 2 aromatic rings. The molecule has 6 nitrogen and oxygen atoms in total. The highest BCUT2D eigenvalue weighted by Crippen LogP contribution is 2.16. The Morgan fingerprint density at radius 3 is 2.83 bits per heavy atom. The summed E-state index contributed by atoms with van der Waals surface area (Å²) in [6, 6.07) is 2.19. The van der Waals surface area contributed by atoms with Gasteiger partial charge in [0, 0.05) is 12.1 Å². The first-order valence-corrected chi connectivity index (χ1v) is 6.35. The smallest absolute Gasteiger partial charge is 0.316 e. The Bertz CT molecular complexity index is 540. The molecule has 0 N–H and O–H groups in total. The van der Waals surface area contributed by atoms with Crippen LogP contribution in [-0.2, 0) is 6.54 Å². The molecule has 0 radical (unpaired) electrons. The lowest BCUT2D eigenvalue weighted by atomic mass is 10.2. The number of aromatic nitrogens is 5. The van der Waals surface area contributed by atoms with E-state index >= 15 is 0 Å². The lowest BCUT2D eigenvalue weighted by molar-refractivity contribution is 0.377. The van der Waals surface area contributed by atoms with Gasteiger partial charge in [-0.1, -0.05) is 13.8 Å². The third-order valence-corrected chi connectivity index (χ3v) is 2.71. The van der Waals surface area contributed by atoms with Gasteiger partial charge in [0.05, 0.1) is 19.3 Å². The van der Waals surface area contributed by atoms with Crippen LogP contribution in [0.5, 0.6) is 6.01 Å². The summed E-state index contributed by atoms with van der Waals surface area (Å²) in [5.74, 6) is 1.21. The Hall–Kier alpha value is -1.50. The van der Waals surface area contributed by atoms with E-state index in [1.54, 1.807) is 13.3 Å². The second-order valence-electron chi connectivity index (χ2n) is 4.09. The highest BCUT2D eigenvalue weighted by Gasteiger charge is 2.12. The molecule has 2 heterocycles. The number of hydrogen-bond acceptors (Lipinski definition) is 5. The van der Waals surface area contributed by atoms with E-state index in [2.05, 4.69) is 49.8 Å². The molecule has 0 aliphatic heterocycles. The molecule has 0 fully saturated rings. The van der Waals surface area contributed by atoms with Crippen molar-refractivity contribution in [1.82, 2.24) is 24.7 Å². The minimum absolute atomic E-state index is 0.299. The van der Waals surface area contributed by atoms with Crippen LogP contribution in [0.15, 0.2) is 17.0 Å². The molecule has 0 spiro atoms. The van der Waals surface area contributed by atoms with Crippen LogP contribution in [0, 0.1) is 0 Å². The van der Waals surface area contributed by atoms with Gasteiger partial charge in [-0.3, -0.25) is 0 Å². The molecule has 0 amide bonds. The Morgan fingerprint density at radius 2 is 2.17 bits per heavy atom. The lowest BCUT2D eigenvalue weighted by Gasteiger charge is -2.08. The fraction of sp³-hybridized carbons (Fsp3) is 0.455.